The lowest BCUT2D eigenvalue weighted by atomic mass is 9.98. The summed E-state index contributed by atoms with van der Waals surface area (Å²) < 4.78 is 6.82. The standard InChI is InChI=1S/C25H27N5O5/c1-29(2)13-22(24(32)33)28-23(31)14-30-12-16(11-26-30)27-25(34)35-15-21-19-9-5-3-7-17(19)18-8-4-6-10-20(18)21/h3-12,21-22H,13-15H2,1-2H3,(H,27,34)(H,28,31)(H,32,33). The van der Waals surface area contributed by atoms with Crippen LogP contribution in [0, 0.1) is 0 Å². The molecule has 0 aliphatic heterocycles. The molecule has 1 unspecified atom stereocenters. The molecule has 1 heterocycles. The van der Waals surface area contributed by atoms with Gasteiger partial charge in [0.05, 0.1) is 11.9 Å². The van der Waals surface area contributed by atoms with Crippen molar-refractivity contribution in [2.45, 2.75) is 18.5 Å². The number of hydrogen-bond acceptors (Lipinski definition) is 6. The Morgan fingerprint density at radius 2 is 1.71 bits per heavy atom. The van der Waals surface area contributed by atoms with Crippen LogP contribution in [0.5, 0.6) is 0 Å². The number of ether oxygens (including phenoxy) is 1. The number of carboxylic acid groups (broad SMARTS) is 1. The monoisotopic (exact) mass is 477 g/mol. The van der Waals surface area contributed by atoms with E-state index in [4.69, 9.17) is 4.74 Å². The molecule has 2 amide bonds. The summed E-state index contributed by atoms with van der Waals surface area (Å²) >= 11 is 0. The van der Waals surface area contributed by atoms with E-state index in [0.717, 1.165) is 22.3 Å². The zero-order chi connectivity index (χ0) is 24.9. The summed E-state index contributed by atoms with van der Waals surface area (Å²) in [5.41, 5.74) is 4.89. The molecule has 0 saturated carbocycles. The van der Waals surface area contributed by atoms with Crippen LogP contribution in [0.15, 0.2) is 60.9 Å². The van der Waals surface area contributed by atoms with Gasteiger partial charge in [0.2, 0.25) is 5.91 Å². The normalized spacial score (nSPS) is 13.1. The first-order chi connectivity index (χ1) is 16.8. The maximum Gasteiger partial charge on any atom is 0.411 e. The van der Waals surface area contributed by atoms with Crippen molar-refractivity contribution in [3.05, 3.63) is 72.1 Å². The third kappa shape index (κ3) is 5.67. The van der Waals surface area contributed by atoms with E-state index in [9.17, 15) is 19.5 Å². The third-order valence-corrected chi connectivity index (χ3v) is 5.71. The smallest absolute Gasteiger partial charge is 0.411 e. The molecule has 0 saturated heterocycles. The molecule has 3 aromatic rings. The van der Waals surface area contributed by atoms with Crippen LogP contribution in [0.3, 0.4) is 0 Å². The van der Waals surface area contributed by atoms with Gasteiger partial charge in [-0.2, -0.15) is 5.10 Å². The Kier molecular flexibility index (Phi) is 7.11. The zero-order valence-electron chi connectivity index (χ0n) is 19.5. The number of likely N-dealkylation sites (N-methyl/N-ethyl adjacent to an activating group) is 1. The lowest BCUT2D eigenvalue weighted by Gasteiger charge is -2.18. The SMILES string of the molecule is CN(C)CC(NC(=O)Cn1cc(NC(=O)OCC2c3ccccc3-c3ccccc32)cn1)C(=O)O. The summed E-state index contributed by atoms with van der Waals surface area (Å²) in [4.78, 5) is 37.6. The van der Waals surface area contributed by atoms with E-state index in [1.165, 1.54) is 17.1 Å². The van der Waals surface area contributed by atoms with Crippen LogP contribution in [0.25, 0.3) is 11.1 Å². The molecule has 1 aromatic heterocycles. The average Bonchev–Trinajstić information content (AvgIpc) is 3.38. The number of nitrogens with zero attached hydrogens (tertiary/aromatic N) is 3. The van der Waals surface area contributed by atoms with Crippen molar-refractivity contribution >= 4 is 23.7 Å². The second-order valence-corrected chi connectivity index (χ2v) is 8.60. The summed E-state index contributed by atoms with van der Waals surface area (Å²) in [5.74, 6) is -1.68. The van der Waals surface area contributed by atoms with E-state index in [1.807, 2.05) is 36.4 Å². The van der Waals surface area contributed by atoms with Crippen LogP contribution in [0.2, 0.25) is 0 Å². The largest absolute Gasteiger partial charge is 0.480 e. The van der Waals surface area contributed by atoms with Crippen LogP contribution in [0.1, 0.15) is 17.0 Å². The fourth-order valence-corrected chi connectivity index (χ4v) is 4.20. The molecule has 0 spiro atoms. The number of aromatic nitrogens is 2. The van der Waals surface area contributed by atoms with Gasteiger partial charge in [0.1, 0.15) is 19.2 Å². The third-order valence-electron chi connectivity index (χ3n) is 5.71. The first kappa shape index (κ1) is 24.0. The number of carbonyl (C=O) groups is 3. The maximum atomic E-state index is 12.4. The highest BCUT2D eigenvalue weighted by molar-refractivity contribution is 5.85. The molecule has 1 aliphatic carbocycles. The number of rotatable bonds is 9. The zero-order valence-corrected chi connectivity index (χ0v) is 19.5. The molecule has 2 aromatic carbocycles. The van der Waals surface area contributed by atoms with Gasteiger partial charge in [0.15, 0.2) is 0 Å². The highest BCUT2D eigenvalue weighted by atomic mass is 16.5. The maximum absolute atomic E-state index is 12.4. The van der Waals surface area contributed by atoms with Crippen LogP contribution >= 0.6 is 0 Å². The molecular formula is C25H27N5O5. The number of benzene rings is 2. The van der Waals surface area contributed by atoms with Crippen LogP contribution in [0.4, 0.5) is 10.5 Å². The van der Waals surface area contributed by atoms with E-state index >= 15 is 0 Å². The van der Waals surface area contributed by atoms with Crippen molar-refractivity contribution in [2.24, 2.45) is 0 Å². The minimum absolute atomic E-state index is 0.0519. The van der Waals surface area contributed by atoms with Gasteiger partial charge in [0.25, 0.3) is 0 Å². The van der Waals surface area contributed by atoms with Gasteiger partial charge >= 0.3 is 12.1 Å². The van der Waals surface area contributed by atoms with Gasteiger partial charge in [-0.05, 0) is 36.3 Å². The molecule has 1 atom stereocenters. The molecule has 3 N–H and O–H groups in total. The van der Waals surface area contributed by atoms with Gasteiger partial charge in [-0.25, -0.2) is 9.59 Å². The molecule has 0 radical (unpaired) electrons. The number of aliphatic carboxylic acids is 1. The van der Waals surface area contributed by atoms with Crippen molar-refractivity contribution in [3.63, 3.8) is 0 Å². The highest BCUT2D eigenvalue weighted by Gasteiger charge is 2.29. The van der Waals surface area contributed by atoms with Gasteiger partial charge < -0.3 is 20.1 Å². The van der Waals surface area contributed by atoms with Gasteiger partial charge in [-0.1, -0.05) is 48.5 Å². The molecule has 1 aliphatic rings. The summed E-state index contributed by atoms with van der Waals surface area (Å²) in [6.07, 6.45) is 2.24. The number of anilines is 1. The predicted octanol–water partition coefficient (Wildman–Crippen LogP) is 2.38. The van der Waals surface area contributed by atoms with Crippen LogP contribution in [-0.2, 0) is 20.9 Å². The highest BCUT2D eigenvalue weighted by Crippen LogP contribution is 2.44. The number of amides is 2. The first-order valence-corrected chi connectivity index (χ1v) is 11.1. The molecule has 182 valence electrons. The average molecular weight is 478 g/mol. The minimum atomic E-state index is -1.12. The second kappa shape index (κ2) is 10.4. The Hall–Kier alpha value is -4.18. The fourth-order valence-electron chi connectivity index (χ4n) is 4.20. The van der Waals surface area contributed by atoms with E-state index < -0.39 is 24.0 Å². The van der Waals surface area contributed by atoms with Crippen LogP contribution < -0.4 is 10.6 Å². The van der Waals surface area contributed by atoms with Crippen molar-refractivity contribution < 1.29 is 24.2 Å². The molecule has 4 rings (SSSR count). The summed E-state index contributed by atoms with van der Waals surface area (Å²) in [7, 11) is 3.44. The first-order valence-electron chi connectivity index (χ1n) is 11.1. The molecule has 0 bridgehead atoms. The molecule has 35 heavy (non-hydrogen) atoms. The Bertz CT molecular complexity index is 1190. The van der Waals surface area contributed by atoms with Gasteiger partial charge in [-0.15, -0.1) is 0 Å². The van der Waals surface area contributed by atoms with E-state index in [2.05, 4.69) is 27.9 Å². The summed E-state index contributed by atoms with van der Waals surface area (Å²) in [6.45, 7) is 0.150. The summed E-state index contributed by atoms with van der Waals surface area (Å²) in [6, 6.07) is 15.1. The summed E-state index contributed by atoms with van der Waals surface area (Å²) in [5, 5.41) is 18.4. The van der Waals surface area contributed by atoms with Gasteiger partial charge in [-0.3, -0.25) is 14.8 Å². The lowest BCUT2D eigenvalue weighted by molar-refractivity contribution is -0.142. The van der Waals surface area contributed by atoms with Crippen molar-refractivity contribution in [2.75, 3.05) is 32.6 Å². The van der Waals surface area contributed by atoms with Crippen molar-refractivity contribution in [1.29, 1.82) is 0 Å². The molecule has 0 fully saturated rings. The number of nitrogens with one attached hydrogen (secondary N) is 2. The molecule has 10 nitrogen and oxygen atoms in total. The van der Waals surface area contributed by atoms with Crippen LogP contribution in [-0.4, -0.2) is 71.0 Å². The predicted molar refractivity (Wildman–Crippen MR) is 129 cm³/mol. The van der Waals surface area contributed by atoms with Crippen molar-refractivity contribution in [3.8, 4) is 11.1 Å². The number of hydrogen-bond donors (Lipinski definition) is 3. The lowest BCUT2D eigenvalue weighted by Crippen LogP contribution is -2.47. The Balaban J connectivity index is 1.31. The van der Waals surface area contributed by atoms with Gasteiger partial charge in [0, 0.05) is 18.7 Å². The Morgan fingerprint density at radius 3 is 2.31 bits per heavy atom. The Morgan fingerprint density at radius 1 is 1.09 bits per heavy atom. The molecule has 10 heteroatoms. The molecular weight excluding hydrogens is 450 g/mol. The second-order valence-electron chi connectivity index (χ2n) is 8.60. The topological polar surface area (TPSA) is 126 Å². The minimum Gasteiger partial charge on any atom is -0.480 e. The van der Waals surface area contributed by atoms with E-state index in [1.54, 1.807) is 19.0 Å². The quantitative estimate of drug-likeness (QED) is 0.432. The van der Waals surface area contributed by atoms with E-state index in [-0.39, 0.29) is 25.6 Å². The Labute approximate surface area is 202 Å². The number of carbonyl (C=O) groups excluding carboxylic acids is 2. The number of carboxylic acids is 1. The fraction of sp³-hybridized carbons (Fsp3) is 0.280. The van der Waals surface area contributed by atoms with Crippen molar-refractivity contribution in [1.82, 2.24) is 20.0 Å². The number of fused-ring (bicyclic) bond motifs is 3. The van der Waals surface area contributed by atoms with E-state index in [0.29, 0.717) is 5.69 Å².